The number of hydrogen-bond acceptors (Lipinski definition) is 3. The highest BCUT2D eigenvalue weighted by molar-refractivity contribution is 5.43. The number of nitrogens with one attached hydrogen (secondary N) is 1. The lowest BCUT2D eigenvalue weighted by Crippen LogP contribution is -1.99. The van der Waals surface area contributed by atoms with E-state index in [1.54, 1.807) is 6.20 Å². The van der Waals surface area contributed by atoms with Gasteiger partial charge in [0, 0.05) is 18.9 Å². The van der Waals surface area contributed by atoms with E-state index in [2.05, 4.69) is 22.4 Å². The molecule has 0 amide bonds. The van der Waals surface area contributed by atoms with Crippen molar-refractivity contribution < 1.29 is 0 Å². The SMILES string of the molecule is Cc1cncc(NCc2ccc(C#N)cc2)c1. The molecule has 0 saturated heterocycles. The third-order valence-electron chi connectivity index (χ3n) is 2.45. The number of aromatic nitrogens is 1. The van der Waals surface area contributed by atoms with Crippen LogP contribution in [0.3, 0.4) is 0 Å². The first-order valence-electron chi connectivity index (χ1n) is 5.42. The van der Waals surface area contributed by atoms with Crippen LogP contribution in [-0.4, -0.2) is 4.98 Å². The Morgan fingerprint density at radius 3 is 2.65 bits per heavy atom. The first kappa shape index (κ1) is 11.2. The highest BCUT2D eigenvalue weighted by Gasteiger charge is 1.95. The number of aryl methyl sites for hydroxylation is 1. The predicted octanol–water partition coefficient (Wildman–Crippen LogP) is 2.87. The Balaban J connectivity index is 2.00. The molecule has 0 saturated carbocycles. The molecule has 0 aliphatic carbocycles. The predicted molar refractivity (Wildman–Crippen MR) is 67.5 cm³/mol. The Bertz CT molecular complexity index is 538. The molecule has 3 heteroatoms. The molecule has 0 unspecified atom stereocenters. The molecule has 0 aliphatic heterocycles. The van der Waals surface area contributed by atoms with Gasteiger partial charge in [-0.25, -0.2) is 0 Å². The molecule has 1 aromatic carbocycles. The van der Waals surface area contributed by atoms with Crippen LogP contribution >= 0.6 is 0 Å². The number of nitriles is 1. The van der Waals surface area contributed by atoms with E-state index in [4.69, 9.17) is 5.26 Å². The molecule has 84 valence electrons. The van der Waals surface area contributed by atoms with E-state index in [1.165, 1.54) is 0 Å². The van der Waals surface area contributed by atoms with E-state index in [9.17, 15) is 0 Å². The maximum Gasteiger partial charge on any atom is 0.0991 e. The van der Waals surface area contributed by atoms with Crippen molar-refractivity contribution in [3.63, 3.8) is 0 Å². The summed E-state index contributed by atoms with van der Waals surface area (Å²) in [7, 11) is 0. The molecule has 0 aliphatic rings. The standard InChI is InChI=1S/C14H13N3/c1-11-6-14(10-16-8-11)17-9-13-4-2-12(7-15)3-5-13/h2-6,8,10,17H,9H2,1H3. The van der Waals surface area contributed by atoms with Gasteiger partial charge in [0.1, 0.15) is 0 Å². The summed E-state index contributed by atoms with van der Waals surface area (Å²) in [5, 5.41) is 12.0. The molecule has 0 fully saturated rings. The van der Waals surface area contributed by atoms with Gasteiger partial charge >= 0.3 is 0 Å². The molecular weight excluding hydrogens is 210 g/mol. The van der Waals surface area contributed by atoms with Crippen molar-refractivity contribution >= 4 is 5.69 Å². The van der Waals surface area contributed by atoms with Crippen LogP contribution in [0.4, 0.5) is 5.69 Å². The fourth-order valence-electron chi connectivity index (χ4n) is 1.55. The van der Waals surface area contributed by atoms with Gasteiger partial charge in [0.25, 0.3) is 0 Å². The zero-order chi connectivity index (χ0) is 12.1. The number of benzene rings is 1. The quantitative estimate of drug-likeness (QED) is 0.870. The molecule has 0 radical (unpaired) electrons. The summed E-state index contributed by atoms with van der Waals surface area (Å²) < 4.78 is 0. The maximum atomic E-state index is 8.69. The number of rotatable bonds is 3. The normalized spacial score (nSPS) is 9.65. The minimum Gasteiger partial charge on any atom is -0.380 e. The van der Waals surface area contributed by atoms with Crippen molar-refractivity contribution in [2.24, 2.45) is 0 Å². The highest BCUT2D eigenvalue weighted by Crippen LogP contribution is 2.10. The lowest BCUT2D eigenvalue weighted by Gasteiger charge is -2.06. The third-order valence-corrected chi connectivity index (χ3v) is 2.45. The van der Waals surface area contributed by atoms with E-state index in [0.29, 0.717) is 5.56 Å². The molecule has 2 rings (SSSR count). The molecule has 1 heterocycles. The van der Waals surface area contributed by atoms with Crippen LogP contribution in [0.1, 0.15) is 16.7 Å². The second-order valence-corrected chi connectivity index (χ2v) is 3.91. The van der Waals surface area contributed by atoms with Crippen LogP contribution in [0.2, 0.25) is 0 Å². The van der Waals surface area contributed by atoms with Gasteiger partial charge in [-0.2, -0.15) is 5.26 Å². The summed E-state index contributed by atoms with van der Waals surface area (Å²) in [5.41, 5.74) is 3.97. The Morgan fingerprint density at radius 1 is 1.24 bits per heavy atom. The van der Waals surface area contributed by atoms with E-state index in [-0.39, 0.29) is 0 Å². The van der Waals surface area contributed by atoms with E-state index < -0.39 is 0 Å². The molecule has 17 heavy (non-hydrogen) atoms. The lowest BCUT2D eigenvalue weighted by molar-refractivity contribution is 1.13. The van der Waals surface area contributed by atoms with Crippen molar-refractivity contribution in [2.75, 3.05) is 5.32 Å². The molecular formula is C14H13N3. The van der Waals surface area contributed by atoms with Gasteiger partial charge in [-0.15, -0.1) is 0 Å². The summed E-state index contributed by atoms with van der Waals surface area (Å²) in [6.45, 7) is 2.75. The van der Waals surface area contributed by atoms with Crippen LogP contribution in [0.5, 0.6) is 0 Å². The fourth-order valence-corrected chi connectivity index (χ4v) is 1.55. The maximum absolute atomic E-state index is 8.69. The second-order valence-electron chi connectivity index (χ2n) is 3.91. The average molecular weight is 223 g/mol. The van der Waals surface area contributed by atoms with Crippen LogP contribution in [-0.2, 0) is 6.54 Å². The second kappa shape index (κ2) is 5.13. The number of nitrogens with zero attached hydrogens (tertiary/aromatic N) is 2. The van der Waals surface area contributed by atoms with E-state index in [0.717, 1.165) is 23.4 Å². The Hall–Kier alpha value is -2.34. The van der Waals surface area contributed by atoms with Crippen LogP contribution in [0.25, 0.3) is 0 Å². The van der Waals surface area contributed by atoms with Crippen molar-refractivity contribution in [2.45, 2.75) is 13.5 Å². The zero-order valence-electron chi connectivity index (χ0n) is 9.64. The molecule has 1 aromatic heterocycles. The smallest absolute Gasteiger partial charge is 0.0991 e. The summed E-state index contributed by atoms with van der Waals surface area (Å²) in [6, 6.07) is 11.7. The Morgan fingerprint density at radius 2 is 2.00 bits per heavy atom. The van der Waals surface area contributed by atoms with Gasteiger partial charge in [0.05, 0.1) is 17.3 Å². The molecule has 3 nitrogen and oxygen atoms in total. The molecule has 2 aromatic rings. The Kier molecular flexibility index (Phi) is 3.37. The van der Waals surface area contributed by atoms with Crippen molar-refractivity contribution in [3.8, 4) is 6.07 Å². The van der Waals surface area contributed by atoms with Crippen molar-refractivity contribution in [1.29, 1.82) is 5.26 Å². The first-order chi connectivity index (χ1) is 8.28. The van der Waals surface area contributed by atoms with Crippen LogP contribution < -0.4 is 5.32 Å². The van der Waals surface area contributed by atoms with Gasteiger partial charge in [-0.05, 0) is 36.2 Å². The number of pyridine rings is 1. The van der Waals surface area contributed by atoms with Gasteiger partial charge in [-0.1, -0.05) is 12.1 Å². The third kappa shape index (κ3) is 3.05. The van der Waals surface area contributed by atoms with Gasteiger partial charge in [-0.3, -0.25) is 4.98 Å². The summed E-state index contributed by atoms with van der Waals surface area (Å²) >= 11 is 0. The van der Waals surface area contributed by atoms with Gasteiger partial charge < -0.3 is 5.32 Å². The number of anilines is 1. The summed E-state index contributed by atoms with van der Waals surface area (Å²) in [6.07, 6.45) is 3.63. The van der Waals surface area contributed by atoms with Gasteiger partial charge in [0.2, 0.25) is 0 Å². The van der Waals surface area contributed by atoms with Gasteiger partial charge in [0.15, 0.2) is 0 Å². The lowest BCUT2D eigenvalue weighted by atomic mass is 10.1. The minimum atomic E-state index is 0.686. The largest absolute Gasteiger partial charge is 0.380 e. The Labute approximate surface area is 101 Å². The first-order valence-corrected chi connectivity index (χ1v) is 5.42. The zero-order valence-corrected chi connectivity index (χ0v) is 9.64. The van der Waals surface area contributed by atoms with Crippen molar-refractivity contribution in [3.05, 3.63) is 59.4 Å². The van der Waals surface area contributed by atoms with Crippen LogP contribution in [0.15, 0.2) is 42.7 Å². The molecule has 1 N–H and O–H groups in total. The number of hydrogen-bond donors (Lipinski definition) is 1. The van der Waals surface area contributed by atoms with E-state index in [1.807, 2.05) is 37.4 Å². The summed E-state index contributed by atoms with van der Waals surface area (Å²) in [4.78, 5) is 4.12. The van der Waals surface area contributed by atoms with Crippen molar-refractivity contribution in [1.82, 2.24) is 4.98 Å². The fraction of sp³-hybridized carbons (Fsp3) is 0.143. The van der Waals surface area contributed by atoms with E-state index >= 15 is 0 Å². The molecule has 0 bridgehead atoms. The highest BCUT2D eigenvalue weighted by atomic mass is 14.9. The molecule has 0 atom stereocenters. The minimum absolute atomic E-state index is 0.686. The molecule has 0 spiro atoms. The average Bonchev–Trinajstić information content (AvgIpc) is 2.37. The topological polar surface area (TPSA) is 48.7 Å². The monoisotopic (exact) mass is 223 g/mol. The van der Waals surface area contributed by atoms with Crippen LogP contribution in [0, 0.1) is 18.3 Å². The summed E-state index contributed by atoms with van der Waals surface area (Å²) in [5.74, 6) is 0.